The lowest BCUT2D eigenvalue weighted by Crippen LogP contribution is -2.27. The Kier molecular flexibility index (Phi) is 4.12. The van der Waals surface area contributed by atoms with E-state index in [-0.39, 0.29) is 5.91 Å². The van der Waals surface area contributed by atoms with E-state index >= 15 is 0 Å². The van der Waals surface area contributed by atoms with Crippen molar-refractivity contribution in [1.82, 2.24) is 0 Å². The van der Waals surface area contributed by atoms with Crippen LogP contribution >= 0.6 is 11.6 Å². The van der Waals surface area contributed by atoms with Crippen LogP contribution in [0.4, 0.5) is 5.69 Å². The minimum atomic E-state index is 0.0170. The smallest absolute Gasteiger partial charge is 0.231 e. The topological polar surface area (TPSA) is 20.3 Å². The summed E-state index contributed by atoms with van der Waals surface area (Å²) >= 11 is 6.13. The van der Waals surface area contributed by atoms with Gasteiger partial charge in [-0.05, 0) is 34.5 Å². The van der Waals surface area contributed by atoms with Crippen LogP contribution in [0.25, 0.3) is 10.8 Å². The number of benzene rings is 3. The van der Waals surface area contributed by atoms with Gasteiger partial charge in [0, 0.05) is 17.8 Å². The average molecular weight is 310 g/mol. The lowest BCUT2D eigenvalue weighted by Gasteiger charge is -2.18. The molecule has 0 heterocycles. The molecule has 3 aromatic rings. The van der Waals surface area contributed by atoms with Crippen LogP contribution in [0.5, 0.6) is 0 Å². The Morgan fingerprint density at radius 1 is 0.955 bits per heavy atom. The number of carbonyl (C=O) groups is 1. The van der Waals surface area contributed by atoms with Gasteiger partial charge in [-0.1, -0.05) is 60.1 Å². The molecule has 0 unspecified atom stereocenters. The molecule has 22 heavy (non-hydrogen) atoms. The molecule has 3 heteroatoms. The summed E-state index contributed by atoms with van der Waals surface area (Å²) in [6, 6.07) is 21.6. The third-order valence-electron chi connectivity index (χ3n) is 3.79. The van der Waals surface area contributed by atoms with Crippen LogP contribution in [0.2, 0.25) is 5.02 Å². The maximum Gasteiger partial charge on any atom is 0.231 e. The maximum absolute atomic E-state index is 12.5. The lowest BCUT2D eigenvalue weighted by atomic mass is 10.1. The summed E-state index contributed by atoms with van der Waals surface area (Å²) in [6.07, 6.45) is 0.295. The van der Waals surface area contributed by atoms with E-state index < -0.39 is 0 Å². The molecule has 0 bridgehead atoms. The number of amides is 1. The number of rotatable bonds is 3. The molecule has 0 aliphatic heterocycles. The second kappa shape index (κ2) is 6.20. The highest BCUT2D eigenvalue weighted by Gasteiger charge is 2.13. The van der Waals surface area contributed by atoms with Crippen LogP contribution < -0.4 is 4.90 Å². The maximum atomic E-state index is 12.5. The number of likely N-dealkylation sites (N-methyl/N-ethyl adjacent to an activating group) is 1. The van der Waals surface area contributed by atoms with Crippen LogP contribution in [0.1, 0.15) is 5.56 Å². The summed E-state index contributed by atoms with van der Waals surface area (Å²) in [5.41, 5.74) is 1.73. The molecule has 3 rings (SSSR count). The number of hydrogen-bond acceptors (Lipinski definition) is 1. The molecule has 0 radical (unpaired) electrons. The number of anilines is 1. The summed E-state index contributed by atoms with van der Waals surface area (Å²) in [5, 5.41) is 2.92. The second-order valence-electron chi connectivity index (χ2n) is 5.25. The fourth-order valence-corrected chi connectivity index (χ4v) is 2.66. The van der Waals surface area contributed by atoms with Crippen molar-refractivity contribution in [1.29, 1.82) is 0 Å². The minimum Gasteiger partial charge on any atom is -0.315 e. The molecule has 0 aromatic heterocycles. The van der Waals surface area contributed by atoms with Crippen molar-refractivity contribution in [2.75, 3.05) is 11.9 Å². The normalized spacial score (nSPS) is 10.6. The first-order chi connectivity index (χ1) is 10.6. The van der Waals surface area contributed by atoms with Gasteiger partial charge in [-0.2, -0.15) is 0 Å². The van der Waals surface area contributed by atoms with Gasteiger partial charge in [0.05, 0.1) is 6.42 Å². The fourth-order valence-electron chi connectivity index (χ4n) is 2.45. The van der Waals surface area contributed by atoms with Gasteiger partial charge in [-0.15, -0.1) is 0 Å². The average Bonchev–Trinajstić information content (AvgIpc) is 2.55. The quantitative estimate of drug-likeness (QED) is 0.687. The standard InChI is InChI=1S/C19H16ClNO/c1-21(19(22)13-16-8-4-5-9-18(16)20)17-11-10-14-6-2-3-7-15(14)12-17/h2-12H,13H2,1H3. The summed E-state index contributed by atoms with van der Waals surface area (Å²) in [7, 11) is 1.79. The van der Waals surface area contributed by atoms with E-state index in [0.717, 1.165) is 16.6 Å². The molecule has 0 atom stereocenters. The summed E-state index contributed by atoms with van der Waals surface area (Å²) < 4.78 is 0. The van der Waals surface area contributed by atoms with E-state index in [1.165, 1.54) is 5.39 Å². The highest BCUT2D eigenvalue weighted by molar-refractivity contribution is 6.31. The Bertz CT molecular complexity index is 828. The minimum absolute atomic E-state index is 0.0170. The third-order valence-corrected chi connectivity index (χ3v) is 4.16. The number of halogens is 1. The van der Waals surface area contributed by atoms with Crippen molar-refractivity contribution in [3.8, 4) is 0 Å². The number of fused-ring (bicyclic) bond motifs is 1. The van der Waals surface area contributed by atoms with E-state index in [1.54, 1.807) is 18.0 Å². The molecular weight excluding hydrogens is 294 g/mol. The van der Waals surface area contributed by atoms with E-state index in [2.05, 4.69) is 6.07 Å². The molecule has 110 valence electrons. The highest BCUT2D eigenvalue weighted by Crippen LogP contribution is 2.23. The molecule has 1 amide bonds. The van der Waals surface area contributed by atoms with Crippen molar-refractivity contribution in [2.24, 2.45) is 0 Å². The van der Waals surface area contributed by atoms with Gasteiger partial charge in [0.25, 0.3) is 0 Å². The second-order valence-corrected chi connectivity index (χ2v) is 5.66. The zero-order valence-corrected chi connectivity index (χ0v) is 13.0. The SMILES string of the molecule is CN(C(=O)Cc1ccccc1Cl)c1ccc2ccccc2c1. The van der Waals surface area contributed by atoms with Crippen LogP contribution in [0, 0.1) is 0 Å². The van der Waals surface area contributed by atoms with E-state index in [1.807, 2.05) is 54.6 Å². The molecule has 0 fully saturated rings. The number of carbonyl (C=O) groups excluding carboxylic acids is 1. The van der Waals surface area contributed by atoms with Gasteiger partial charge in [-0.3, -0.25) is 4.79 Å². The van der Waals surface area contributed by atoms with Crippen LogP contribution in [0.3, 0.4) is 0 Å². The van der Waals surface area contributed by atoms with E-state index in [0.29, 0.717) is 11.4 Å². The van der Waals surface area contributed by atoms with E-state index in [9.17, 15) is 4.79 Å². The monoisotopic (exact) mass is 309 g/mol. The predicted octanol–water partition coefficient (Wildman–Crippen LogP) is 4.70. The van der Waals surface area contributed by atoms with E-state index in [4.69, 9.17) is 11.6 Å². The van der Waals surface area contributed by atoms with Crippen LogP contribution in [0.15, 0.2) is 66.7 Å². The lowest BCUT2D eigenvalue weighted by molar-refractivity contribution is -0.117. The Labute approximate surface area is 134 Å². The predicted molar refractivity (Wildman–Crippen MR) is 92.5 cm³/mol. The zero-order valence-electron chi connectivity index (χ0n) is 12.3. The fraction of sp³-hybridized carbons (Fsp3) is 0.105. The molecule has 3 aromatic carbocycles. The van der Waals surface area contributed by atoms with Gasteiger partial charge >= 0.3 is 0 Å². The third kappa shape index (κ3) is 2.97. The summed E-state index contributed by atoms with van der Waals surface area (Å²) in [4.78, 5) is 14.1. The number of hydrogen-bond donors (Lipinski definition) is 0. The van der Waals surface area contributed by atoms with Crippen LogP contribution in [-0.2, 0) is 11.2 Å². The van der Waals surface area contributed by atoms with Gasteiger partial charge in [0.1, 0.15) is 0 Å². The largest absolute Gasteiger partial charge is 0.315 e. The molecule has 0 aliphatic carbocycles. The zero-order chi connectivity index (χ0) is 15.5. The first-order valence-electron chi connectivity index (χ1n) is 7.14. The Morgan fingerprint density at radius 3 is 2.41 bits per heavy atom. The Balaban J connectivity index is 1.84. The first kappa shape index (κ1) is 14.6. The molecule has 0 aliphatic rings. The van der Waals surface area contributed by atoms with Crippen molar-refractivity contribution in [3.63, 3.8) is 0 Å². The first-order valence-corrected chi connectivity index (χ1v) is 7.52. The Hall–Kier alpha value is -2.32. The van der Waals surface area contributed by atoms with Gasteiger partial charge < -0.3 is 4.90 Å². The number of nitrogens with zero attached hydrogens (tertiary/aromatic N) is 1. The summed E-state index contributed by atoms with van der Waals surface area (Å²) in [5.74, 6) is 0.0170. The van der Waals surface area contributed by atoms with Crippen molar-refractivity contribution in [2.45, 2.75) is 6.42 Å². The van der Waals surface area contributed by atoms with Crippen LogP contribution in [-0.4, -0.2) is 13.0 Å². The van der Waals surface area contributed by atoms with Crippen molar-refractivity contribution < 1.29 is 4.79 Å². The van der Waals surface area contributed by atoms with Gasteiger partial charge in [0.2, 0.25) is 5.91 Å². The van der Waals surface area contributed by atoms with Crippen molar-refractivity contribution in [3.05, 3.63) is 77.3 Å². The Morgan fingerprint density at radius 2 is 1.64 bits per heavy atom. The van der Waals surface area contributed by atoms with Gasteiger partial charge in [0.15, 0.2) is 0 Å². The highest BCUT2D eigenvalue weighted by atomic mass is 35.5. The van der Waals surface area contributed by atoms with Gasteiger partial charge in [-0.25, -0.2) is 0 Å². The molecule has 0 N–H and O–H groups in total. The molecule has 0 saturated carbocycles. The molecule has 0 saturated heterocycles. The molecule has 0 spiro atoms. The molecular formula is C19H16ClNO. The van der Waals surface area contributed by atoms with Crippen molar-refractivity contribution >= 4 is 34.0 Å². The molecule has 2 nitrogen and oxygen atoms in total. The summed E-state index contributed by atoms with van der Waals surface area (Å²) in [6.45, 7) is 0.